The molecule has 3 N–H and O–H groups in total. The van der Waals surface area contributed by atoms with E-state index < -0.39 is 0 Å². The van der Waals surface area contributed by atoms with E-state index in [2.05, 4.69) is 32.1 Å². The number of nitrogens with two attached hydrogens (primary N) is 1. The van der Waals surface area contributed by atoms with E-state index in [1.807, 2.05) is 74.9 Å². The highest BCUT2D eigenvalue weighted by molar-refractivity contribution is 6.08. The zero-order chi connectivity index (χ0) is 28.6. The predicted octanol–water partition coefficient (Wildman–Crippen LogP) is 4.65. The number of ether oxygens (including phenoxy) is 2. The lowest BCUT2D eigenvalue weighted by molar-refractivity contribution is 0.101. The minimum absolute atomic E-state index is 0.228. The van der Waals surface area contributed by atoms with Gasteiger partial charge < -0.3 is 34.9 Å². The van der Waals surface area contributed by atoms with Gasteiger partial charge in [-0.2, -0.15) is 0 Å². The Morgan fingerprint density at radius 3 is 2.50 bits per heavy atom. The van der Waals surface area contributed by atoms with Gasteiger partial charge in [-0.1, -0.05) is 32.9 Å². The average molecular weight is 544 g/mol. The second-order valence-corrected chi connectivity index (χ2v) is 11.2. The molecule has 0 bridgehead atoms. The molecule has 40 heavy (non-hydrogen) atoms. The molecule has 0 atom stereocenters. The Morgan fingerprint density at radius 1 is 1.05 bits per heavy atom. The number of amides is 1. The van der Waals surface area contributed by atoms with Crippen LogP contribution in [0.4, 0.5) is 17.3 Å². The van der Waals surface area contributed by atoms with E-state index in [-0.39, 0.29) is 17.1 Å². The number of rotatable bonds is 6. The summed E-state index contributed by atoms with van der Waals surface area (Å²) in [5, 5.41) is 3.87. The van der Waals surface area contributed by atoms with Crippen molar-refractivity contribution in [2.75, 3.05) is 56.3 Å². The van der Waals surface area contributed by atoms with Crippen molar-refractivity contribution in [1.29, 1.82) is 0 Å². The molecule has 210 valence electrons. The summed E-state index contributed by atoms with van der Waals surface area (Å²) in [6.07, 6.45) is 1.77. The van der Waals surface area contributed by atoms with Crippen LogP contribution in [0.15, 0.2) is 48.7 Å². The number of nitrogens with zero attached hydrogens (tertiary/aromatic N) is 5. The van der Waals surface area contributed by atoms with Crippen LogP contribution in [0, 0.1) is 0 Å². The molecule has 5 rings (SSSR count). The SMILES string of the molecule is COc1c(NC(=O)c2cc3cccc(Oc4ccnc(N5CCN(C)CC5)c4)c3n2C)cc(C(C)(C)C)nc1N. The summed E-state index contributed by atoms with van der Waals surface area (Å²) >= 11 is 0. The number of hydrogen-bond acceptors (Lipinski definition) is 8. The molecule has 1 aliphatic heterocycles. The van der Waals surface area contributed by atoms with Gasteiger partial charge in [0, 0.05) is 56.3 Å². The molecule has 0 aliphatic carbocycles. The van der Waals surface area contributed by atoms with E-state index >= 15 is 0 Å². The Hall–Kier alpha value is -4.31. The normalized spacial score (nSPS) is 14.4. The molecular weight excluding hydrogens is 506 g/mol. The minimum Gasteiger partial charge on any atom is -0.491 e. The quantitative estimate of drug-likeness (QED) is 0.362. The van der Waals surface area contributed by atoms with Crippen LogP contribution >= 0.6 is 0 Å². The fourth-order valence-electron chi connectivity index (χ4n) is 4.91. The first kappa shape index (κ1) is 27.3. The molecule has 0 unspecified atom stereocenters. The van der Waals surface area contributed by atoms with Crippen LogP contribution in [0.25, 0.3) is 10.9 Å². The number of nitrogen functional groups attached to an aromatic ring is 1. The van der Waals surface area contributed by atoms with Gasteiger partial charge in [-0.05, 0) is 31.3 Å². The number of anilines is 3. The zero-order valence-electron chi connectivity index (χ0n) is 24.0. The summed E-state index contributed by atoms with van der Waals surface area (Å²) in [4.78, 5) is 27.2. The summed E-state index contributed by atoms with van der Waals surface area (Å²) < 4.78 is 13.7. The smallest absolute Gasteiger partial charge is 0.272 e. The number of methoxy groups -OCH3 is 1. The topological polar surface area (TPSA) is 111 Å². The maximum absolute atomic E-state index is 13.6. The van der Waals surface area contributed by atoms with E-state index in [4.69, 9.17) is 15.2 Å². The lowest BCUT2D eigenvalue weighted by Gasteiger charge is -2.33. The van der Waals surface area contributed by atoms with Crippen LogP contribution in [0.1, 0.15) is 37.0 Å². The fourth-order valence-corrected chi connectivity index (χ4v) is 4.91. The van der Waals surface area contributed by atoms with Gasteiger partial charge in [0.05, 0.1) is 24.0 Å². The second kappa shape index (κ2) is 10.7. The van der Waals surface area contributed by atoms with Gasteiger partial charge in [-0.15, -0.1) is 0 Å². The zero-order valence-corrected chi connectivity index (χ0v) is 24.0. The number of carbonyl (C=O) groups is 1. The molecule has 0 spiro atoms. The van der Waals surface area contributed by atoms with Gasteiger partial charge in [0.1, 0.15) is 17.3 Å². The van der Waals surface area contributed by atoms with Crippen molar-refractivity contribution < 1.29 is 14.3 Å². The van der Waals surface area contributed by atoms with Crippen LogP contribution in [0.5, 0.6) is 17.2 Å². The highest BCUT2D eigenvalue weighted by Crippen LogP contribution is 2.36. The van der Waals surface area contributed by atoms with E-state index in [0.717, 1.165) is 48.6 Å². The van der Waals surface area contributed by atoms with E-state index in [1.165, 1.54) is 7.11 Å². The number of nitrogens with one attached hydrogen (secondary N) is 1. The molecule has 0 radical (unpaired) electrons. The molecule has 1 amide bonds. The standard InChI is InChI=1S/C30H37N7O3/c1-30(2,3)24-18-21(27(39-6)28(31)34-24)33-29(38)22-16-19-8-7-9-23(26(19)36(22)5)40-20-10-11-32-25(17-20)37-14-12-35(4)13-15-37/h7-11,16-18H,12-15H2,1-6H3,(H3,31,33,34,38). The number of para-hydroxylation sites is 1. The minimum atomic E-state index is -0.297. The summed E-state index contributed by atoms with van der Waals surface area (Å²) in [7, 11) is 5.49. The monoisotopic (exact) mass is 543 g/mol. The molecule has 3 aromatic heterocycles. The third kappa shape index (κ3) is 5.40. The fraction of sp³-hybridized carbons (Fsp3) is 0.367. The Kier molecular flexibility index (Phi) is 7.29. The van der Waals surface area contributed by atoms with Crippen LogP contribution < -0.4 is 25.4 Å². The van der Waals surface area contributed by atoms with Crippen molar-refractivity contribution in [2.45, 2.75) is 26.2 Å². The Bertz CT molecular complexity index is 1550. The number of aryl methyl sites for hydroxylation is 1. The maximum atomic E-state index is 13.6. The van der Waals surface area contributed by atoms with Crippen LogP contribution in [-0.4, -0.2) is 65.7 Å². The summed E-state index contributed by atoms with van der Waals surface area (Å²) in [5.74, 6) is 2.49. The first-order chi connectivity index (χ1) is 19.0. The van der Waals surface area contributed by atoms with E-state index in [1.54, 1.807) is 6.20 Å². The van der Waals surface area contributed by atoms with Crippen molar-refractivity contribution in [3.05, 3.63) is 60.0 Å². The average Bonchev–Trinajstić information content (AvgIpc) is 3.26. The molecule has 10 heteroatoms. The lowest BCUT2D eigenvalue weighted by Crippen LogP contribution is -2.44. The summed E-state index contributed by atoms with van der Waals surface area (Å²) in [5.41, 5.74) is 8.41. The van der Waals surface area contributed by atoms with Gasteiger partial charge in [0.25, 0.3) is 5.91 Å². The molecule has 10 nitrogen and oxygen atoms in total. The number of benzene rings is 1. The molecule has 4 aromatic rings. The highest BCUT2D eigenvalue weighted by atomic mass is 16.5. The molecule has 4 heterocycles. The van der Waals surface area contributed by atoms with Crippen molar-refractivity contribution in [1.82, 2.24) is 19.4 Å². The number of likely N-dealkylation sites (N-methyl/N-ethyl adjacent to an activating group) is 1. The van der Waals surface area contributed by atoms with Crippen molar-refractivity contribution in [2.24, 2.45) is 7.05 Å². The second-order valence-electron chi connectivity index (χ2n) is 11.2. The van der Waals surface area contributed by atoms with Gasteiger partial charge in [0.15, 0.2) is 17.3 Å². The van der Waals surface area contributed by atoms with Crippen molar-refractivity contribution in [3.63, 3.8) is 0 Å². The third-order valence-electron chi connectivity index (χ3n) is 7.24. The predicted molar refractivity (Wildman–Crippen MR) is 159 cm³/mol. The Labute approximate surface area is 234 Å². The van der Waals surface area contributed by atoms with Crippen LogP contribution in [0.3, 0.4) is 0 Å². The number of carbonyl (C=O) groups excluding carboxylic acids is 1. The van der Waals surface area contributed by atoms with E-state index in [9.17, 15) is 4.79 Å². The Morgan fingerprint density at radius 2 is 1.80 bits per heavy atom. The largest absolute Gasteiger partial charge is 0.491 e. The maximum Gasteiger partial charge on any atom is 0.272 e. The van der Waals surface area contributed by atoms with Gasteiger partial charge in [0.2, 0.25) is 0 Å². The number of aromatic nitrogens is 3. The summed E-state index contributed by atoms with van der Waals surface area (Å²) in [6.45, 7) is 9.94. The number of hydrogen-bond donors (Lipinski definition) is 2. The molecule has 1 saturated heterocycles. The molecule has 1 fully saturated rings. The van der Waals surface area contributed by atoms with E-state index in [0.29, 0.717) is 28.6 Å². The molecule has 0 saturated carbocycles. The first-order valence-electron chi connectivity index (χ1n) is 13.4. The van der Waals surface area contributed by atoms with Crippen molar-refractivity contribution in [3.8, 4) is 17.2 Å². The Balaban J connectivity index is 1.44. The third-order valence-corrected chi connectivity index (χ3v) is 7.24. The molecular formula is C30H37N7O3. The number of piperazine rings is 1. The molecule has 1 aliphatic rings. The molecule has 1 aromatic carbocycles. The van der Waals surface area contributed by atoms with Crippen LogP contribution in [0.2, 0.25) is 0 Å². The van der Waals surface area contributed by atoms with Gasteiger partial charge in [-0.25, -0.2) is 9.97 Å². The van der Waals surface area contributed by atoms with Crippen LogP contribution in [-0.2, 0) is 12.5 Å². The van der Waals surface area contributed by atoms with Gasteiger partial charge >= 0.3 is 0 Å². The lowest BCUT2D eigenvalue weighted by atomic mass is 9.91. The first-order valence-corrected chi connectivity index (χ1v) is 13.4. The van der Waals surface area contributed by atoms with Gasteiger partial charge in [-0.3, -0.25) is 4.79 Å². The van der Waals surface area contributed by atoms with Crippen molar-refractivity contribution >= 4 is 34.1 Å². The number of fused-ring (bicyclic) bond motifs is 1. The summed E-state index contributed by atoms with van der Waals surface area (Å²) in [6, 6.07) is 13.3. The number of pyridine rings is 2. The highest BCUT2D eigenvalue weighted by Gasteiger charge is 2.23.